The van der Waals surface area contributed by atoms with Gasteiger partial charge in [-0.2, -0.15) is 0 Å². The van der Waals surface area contributed by atoms with E-state index >= 15 is 0 Å². The molecule has 0 radical (unpaired) electrons. The number of nitrogens with one attached hydrogen (secondary N) is 1. The van der Waals surface area contributed by atoms with Gasteiger partial charge in [0.25, 0.3) is 0 Å². The van der Waals surface area contributed by atoms with E-state index in [1.807, 2.05) is 31.2 Å². The van der Waals surface area contributed by atoms with E-state index in [9.17, 15) is 4.79 Å². The normalized spacial score (nSPS) is 15.5. The van der Waals surface area contributed by atoms with Crippen LogP contribution in [0.5, 0.6) is 11.5 Å². The molecule has 1 N–H and O–H groups in total. The fourth-order valence-corrected chi connectivity index (χ4v) is 3.35. The van der Waals surface area contributed by atoms with Crippen LogP contribution in [-0.4, -0.2) is 29.9 Å². The Morgan fingerprint density at radius 2 is 2.21 bits per heavy atom. The van der Waals surface area contributed by atoms with Gasteiger partial charge >= 0.3 is 0 Å². The van der Waals surface area contributed by atoms with Crippen LogP contribution in [0.1, 0.15) is 18.1 Å². The molecule has 24 heavy (non-hydrogen) atoms. The number of hydrogen-bond donors (Lipinski definition) is 1. The smallest absolute Gasteiger partial charge is 0.230 e. The number of benzene rings is 1. The molecular formula is C18H20N2O3S. The van der Waals surface area contributed by atoms with Crippen molar-refractivity contribution >= 4 is 17.7 Å². The van der Waals surface area contributed by atoms with Gasteiger partial charge in [-0.15, -0.1) is 11.8 Å². The minimum absolute atomic E-state index is 0.0198. The Kier molecular flexibility index (Phi) is 5.25. The summed E-state index contributed by atoms with van der Waals surface area (Å²) in [4.78, 5) is 17.0. The molecule has 1 aliphatic heterocycles. The van der Waals surface area contributed by atoms with Gasteiger partial charge in [0, 0.05) is 41.4 Å². The first-order valence-corrected chi connectivity index (χ1v) is 8.80. The Bertz CT molecular complexity index is 722. The number of nitrogens with zero attached hydrogens (tertiary/aromatic N) is 1. The highest BCUT2D eigenvalue weighted by Crippen LogP contribution is 2.34. The summed E-state index contributed by atoms with van der Waals surface area (Å²) < 4.78 is 11.2. The van der Waals surface area contributed by atoms with Crippen LogP contribution in [0.15, 0.2) is 41.6 Å². The molecule has 1 aliphatic rings. The van der Waals surface area contributed by atoms with Crippen LogP contribution in [0.25, 0.3) is 0 Å². The van der Waals surface area contributed by atoms with Crippen molar-refractivity contribution in [1.29, 1.82) is 0 Å². The predicted molar refractivity (Wildman–Crippen MR) is 93.6 cm³/mol. The van der Waals surface area contributed by atoms with Crippen LogP contribution in [0, 0.1) is 0 Å². The van der Waals surface area contributed by atoms with Crippen LogP contribution in [0.3, 0.4) is 0 Å². The summed E-state index contributed by atoms with van der Waals surface area (Å²) in [6.07, 6.45) is 4.51. The van der Waals surface area contributed by atoms with Crippen LogP contribution in [0.4, 0.5) is 0 Å². The Morgan fingerprint density at radius 1 is 1.42 bits per heavy atom. The number of methoxy groups -OCH3 is 1. The summed E-state index contributed by atoms with van der Waals surface area (Å²) in [6.45, 7) is 2.47. The van der Waals surface area contributed by atoms with Crippen molar-refractivity contribution in [2.75, 3.05) is 12.9 Å². The van der Waals surface area contributed by atoms with Crippen LogP contribution in [-0.2, 0) is 17.8 Å². The van der Waals surface area contributed by atoms with E-state index in [0.29, 0.717) is 12.3 Å². The molecule has 0 saturated carbocycles. The second-order valence-electron chi connectivity index (χ2n) is 5.65. The number of rotatable bonds is 6. The molecule has 0 saturated heterocycles. The Labute approximate surface area is 145 Å². The van der Waals surface area contributed by atoms with Crippen LogP contribution >= 0.6 is 11.8 Å². The number of hydrogen-bond acceptors (Lipinski definition) is 5. The summed E-state index contributed by atoms with van der Waals surface area (Å²) in [6, 6.07) is 7.75. The molecule has 1 unspecified atom stereocenters. The fourth-order valence-electron chi connectivity index (χ4n) is 2.64. The summed E-state index contributed by atoms with van der Waals surface area (Å²) in [5, 5.41) is 2.94. The molecule has 0 aliphatic carbocycles. The summed E-state index contributed by atoms with van der Waals surface area (Å²) in [5.74, 6) is 2.02. The van der Waals surface area contributed by atoms with E-state index in [4.69, 9.17) is 9.47 Å². The minimum Gasteiger partial charge on any atom is -0.496 e. The molecule has 0 bridgehead atoms. The van der Waals surface area contributed by atoms with Crippen LogP contribution < -0.4 is 14.8 Å². The van der Waals surface area contributed by atoms with Crippen molar-refractivity contribution in [2.45, 2.75) is 30.9 Å². The standard InChI is InChI=1S/C18H20N2O3S/c1-12-7-13-8-16(22-2)14(9-17(13)23-12)10-20-18(21)11-24-15-3-5-19-6-4-15/h3-6,8-9,12H,7,10-11H2,1-2H3,(H,20,21). The van der Waals surface area contributed by atoms with Crippen molar-refractivity contribution in [1.82, 2.24) is 10.3 Å². The number of carbonyl (C=O) groups is 1. The second-order valence-corrected chi connectivity index (χ2v) is 6.70. The van der Waals surface area contributed by atoms with Crippen molar-refractivity contribution in [3.8, 4) is 11.5 Å². The average molecular weight is 344 g/mol. The van der Waals surface area contributed by atoms with Gasteiger partial charge in [0.05, 0.1) is 12.9 Å². The highest BCUT2D eigenvalue weighted by Gasteiger charge is 2.21. The fraction of sp³-hybridized carbons (Fsp3) is 0.333. The maximum absolute atomic E-state index is 12.1. The van der Waals surface area contributed by atoms with Crippen LogP contribution in [0.2, 0.25) is 0 Å². The zero-order valence-corrected chi connectivity index (χ0v) is 14.6. The van der Waals surface area contributed by atoms with E-state index in [-0.39, 0.29) is 12.0 Å². The first-order valence-electron chi connectivity index (χ1n) is 7.81. The van der Waals surface area contributed by atoms with Gasteiger partial charge in [-0.3, -0.25) is 9.78 Å². The molecule has 5 nitrogen and oxygen atoms in total. The zero-order chi connectivity index (χ0) is 16.9. The number of pyridine rings is 1. The quantitative estimate of drug-likeness (QED) is 0.817. The Balaban J connectivity index is 1.58. The maximum Gasteiger partial charge on any atom is 0.230 e. The molecule has 126 valence electrons. The van der Waals surface area contributed by atoms with E-state index in [2.05, 4.69) is 10.3 Å². The molecule has 2 aromatic rings. The van der Waals surface area contributed by atoms with Gasteiger partial charge in [-0.05, 0) is 31.2 Å². The molecule has 1 aromatic carbocycles. The van der Waals surface area contributed by atoms with E-state index < -0.39 is 0 Å². The predicted octanol–water partition coefficient (Wildman–Crippen LogP) is 2.82. The monoisotopic (exact) mass is 344 g/mol. The van der Waals surface area contributed by atoms with Crippen molar-refractivity contribution < 1.29 is 14.3 Å². The van der Waals surface area contributed by atoms with E-state index in [1.165, 1.54) is 11.8 Å². The lowest BCUT2D eigenvalue weighted by atomic mass is 10.1. The first kappa shape index (κ1) is 16.6. The van der Waals surface area contributed by atoms with Gasteiger partial charge < -0.3 is 14.8 Å². The second kappa shape index (κ2) is 7.57. The third-order valence-electron chi connectivity index (χ3n) is 3.79. The average Bonchev–Trinajstić information content (AvgIpc) is 2.97. The SMILES string of the molecule is COc1cc2c(cc1CNC(=O)CSc1ccncc1)OC(C)C2. The molecule has 0 spiro atoms. The molecule has 6 heteroatoms. The van der Waals surface area contributed by atoms with Gasteiger partial charge in [-0.25, -0.2) is 0 Å². The topological polar surface area (TPSA) is 60.5 Å². The highest BCUT2D eigenvalue weighted by molar-refractivity contribution is 8.00. The van der Waals surface area contributed by atoms with Crippen molar-refractivity contribution in [3.05, 3.63) is 47.8 Å². The van der Waals surface area contributed by atoms with E-state index in [1.54, 1.807) is 19.5 Å². The molecule has 1 amide bonds. The number of aromatic nitrogens is 1. The molecule has 0 fully saturated rings. The first-order chi connectivity index (χ1) is 11.7. The highest BCUT2D eigenvalue weighted by atomic mass is 32.2. The molecular weight excluding hydrogens is 324 g/mol. The molecule has 2 heterocycles. The van der Waals surface area contributed by atoms with Gasteiger partial charge in [-0.1, -0.05) is 0 Å². The van der Waals surface area contributed by atoms with Gasteiger partial charge in [0.2, 0.25) is 5.91 Å². The molecule has 1 aromatic heterocycles. The number of fused-ring (bicyclic) bond motifs is 1. The lowest BCUT2D eigenvalue weighted by molar-refractivity contribution is -0.118. The number of ether oxygens (including phenoxy) is 2. The Hall–Kier alpha value is -2.21. The Morgan fingerprint density at radius 3 is 2.96 bits per heavy atom. The molecule has 3 rings (SSSR count). The third-order valence-corrected chi connectivity index (χ3v) is 4.81. The maximum atomic E-state index is 12.1. The number of carbonyl (C=O) groups excluding carboxylic acids is 1. The van der Waals surface area contributed by atoms with E-state index in [0.717, 1.165) is 33.9 Å². The van der Waals surface area contributed by atoms with Gasteiger partial charge in [0.15, 0.2) is 0 Å². The lowest BCUT2D eigenvalue weighted by Crippen LogP contribution is -2.24. The minimum atomic E-state index is -0.0198. The van der Waals surface area contributed by atoms with Crippen molar-refractivity contribution in [2.24, 2.45) is 0 Å². The summed E-state index contributed by atoms with van der Waals surface area (Å²) >= 11 is 1.49. The summed E-state index contributed by atoms with van der Waals surface area (Å²) in [7, 11) is 1.64. The zero-order valence-electron chi connectivity index (χ0n) is 13.7. The summed E-state index contributed by atoms with van der Waals surface area (Å²) in [5.41, 5.74) is 2.08. The number of amides is 1. The van der Waals surface area contributed by atoms with Gasteiger partial charge in [0.1, 0.15) is 17.6 Å². The largest absolute Gasteiger partial charge is 0.496 e. The lowest BCUT2D eigenvalue weighted by Gasteiger charge is -2.12. The number of thioether (sulfide) groups is 1. The third kappa shape index (κ3) is 4.00. The molecule has 1 atom stereocenters. The van der Waals surface area contributed by atoms with Crippen molar-refractivity contribution in [3.63, 3.8) is 0 Å².